The van der Waals surface area contributed by atoms with E-state index in [0.717, 1.165) is 5.92 Å². The lowest BCUT2D eigenvalue weighted by Crippen LogP contribution is -2.27. The fourth-order valence-corrected chi connectivity index (χ4v) is 2.54. The summed E-state index contributed by atoms with van der Waals surface area (Å²) in [5.41, 5.74) is 0. The molecule has 84 valence electrons. The second kappa shape index (κ2) is 7.55. The Bertz CT molecular complexity index is 141. The minimum absolute atomic E-state index is 0.904. The van der Waals surface area contributed by atoms with Gasteiger partial charge in [0.2, 0.25) is 0 Å². The monoisotopic (exact) mass is 216 g/mol. The Morgan fingerprint density at radius 2 is 2.29 bits per heavy atom. The highest BCUT2D eigenvalue weighted by molar-refractivity contribution is 7.99. The van der Waals surface area contributed by atoms with E-state index < -0.39 is 0 Å². The van der Waals surface area contributed by atoms with Crippen molar-refractivity contribution in [2.24, 2.45) is 5.92 Å². The molecule has 0 aliphatic carbocycles. The predicted octanol–water partition coefficient (Wildman–Crippen LogP) is 1.67. The van der Waals surface area contributed by atoms with Crippen molar-refractivity contribution in [1.29, 1.82) is 0 Å². The van der Waals surface area contributed by atoms with Gasteiger partial charge in [-0.25, -0.2) is 0 Å². The Kier molecular flexibility index (Phi) is 6.65. The number of nitrogens with zero attached hydrogens (tertiary/aromatic N) is 1. The van der Waals surface area contributed by atoms with Crippen molar-refractivity contribution in [3.63, 3.8) is 0 Å². The second-order valence-electron chi connectivity index (χ2n) is 3.95. The summed E-state index contributed by atoms with van der Waals surface area (Å²) in [7, 11) is 0. The number of nitrogens with one attached hydrogen (secondary N) is 1. The lowest BCUT2D eigenvalue weighted by atomic mass is 10.1. The smallest absolute Gasteiger partial charge is 0.00580 e. The highest BCUT2D eigenvalue weighted by Crippen LogP contribution is 2.14. The summed E-state index contributed by atoms with van der Waals surface area (Å²) in [4.78, 5) is 2.55. The van der Waals surface area contributed by atoms with Crippen LogP contribution in [0.15, 0.2) is 0 Å². The molecule has 1 heterocycles. The van der Waals surface area contributed by atoms with Gasteiger partial charge >= 0.3 is 0 Å². The molecule has 2 nitrogen and oxygen atoms in total. The third-order valence-corrected chi connectivity index (χ3v) is 3.78. The Labute approximate surface area is 92.8 Å². The van der Waals surface area contributed by atoms with Crippen LogP contribution in [-0.2, 0) is 0 Å². The number of hydrogen-bond donors (Lipinski definition) is 1. The standard InChI is InChI=1S/C11H24N2S/c1-3-13-7-5-11(10-13)9-12-6-8-14-4-2/h11-12H,3-10H2,1-2H3. The van der Waals surface area contributed by atoms with Gasteiger partial charge in [-0.05, 0) is 37.7 Å². The summed E-state index contributed by atoms with van der Waals surface area (Å²) in [5, 5.41) is 3.56. The molecule has 0 spiro atoms. The van der Waals surface area contributed by atoms with E-state index in [-0.39, 0.29) is 0 Å². The zero-order valence-electron chi connectivity index (χ0n) is 9.59. The third-order valence-electron chi connectivity index (χ3n) is 2.88. The summed E-state index contributed by atoms with van der Waals surface area (Å²) in [6.45, 7) is 10.7. The third kappa shape index (κ3) is 4.67. The van der Waals surface area contributed by atoms with E-state index >= 15 is 0 Å². The van der Waals surface area contributed by atoms with Crippen molar-refractivity contribution < 1.29 is 0 Å². The van der Waals surface area contributed by atoms with Gasteiger partial charge in [0.15, 0.2) is 0 Å². The Morgan fingerprint density at radius 3 is 2.93 bits per heavy atom. The molecule has 0 bridgehead atoms. The lowest BCUT2D eigenvalue weighted by Gasteiger charge is -2.13. The molecule has 3 heteroatoms. The topological polar surface area (TPSA) is 15.3 Å². The molecule has 0 aromatic carbocycles. The van der Waals surface area contributed by atoms with Crippen LogP contribution in [0.2, 0.25) is 0 Å². The molecule has 0 saturated carbocycles. The van der Waals surface area contributed by atoms with Gasteiger partial charge in [-0.1, -0.05) is 13.8 Å². The Morgan fingerprint density at radius 1 is 1.43 bits per heavy atom. The molecule has 1 fully saturated rings. The van der Waals surface area contributed by atoms with Crippen molar-refractivity contribution >= 4 is 11.8 Å². The molecule has 1 aliphatic heterocycles. The minimum Gasteiger partial charge on any atom is -0.316 e. The summed E-state index contributed by atoms with van der Waals surface area (Å²) in [5.74, 6) is 3.41. The molecule has 1 N–H and O–H groups in total. The van der Waals surface area contributed by atoms with Crippen LogP contribution in [0.1, 0.15) is 20.3 Å². The summed E-state index contributed by atoms with van der Waals surface area (Å²) in [6, 6.07) is 0. The minimum atomic E-state index is 0.904. The van der Waals surface area contributed by atoms with Crippen molar-refractivity contribution in [3.05, 3.63) is 0 Å². The van der Waals surface area contributed by atoms with Crippen LogP contribution in [0.3, 0.4) is 0 Å². The molecule has 0 aromatic heterocycles. The van der Waals surface area contributed by atoms with Gasteiger partial charge in [0.05, 0.1) is 0 Å². The summed E-state index contributed by atoms with van der Waals surface area (Å²) in [6.07, 6.45) is 1.39. The summed E-state index contributed by atoms with van der Waals surface area (Å²) < 4.78 is 0. The van der Waals surface area contributed by atoms with Crippen LogP contribution in [0.4, 0.5) is 0 Å². The SMILES string of the molecule is CCSCCNCC1CCN(CC)C1. The molecule has 1 rings (SSSR count). The molecule has 1 aliphatic rings. The molecule has 0 aromatic rings. The molecule has 1 atom stereocenters. The van der Waals surface area contributed by atoms with Crippen LogP contribution >= 0.6 is 11.8 Å². The van der Waals surface area contributed by atoms with Crippen LogP contribution in [-0.4, -0.2) is 49.1 Å². The van der Waals surface area contributed by atoms with Crippen LogP contribution in [0, 0.1) is 5.92 Å². The van der Waals surface area contributed by atoms with E-state index in [0.29, 0.717) is 0 Å². The zero-order valence-corrected chi connectivity index (χ0v) is 10.4. The van der Waals surface area contributed by atoms with Gasteiger partial charge in [0.25, 0.3) is 0 Å². The first kappa shape index (κ1) is 12.3. The predicted molar refractivity (Wildman–Crippen MR) is 66.1 cm³/mol. The number of rotatable bonds is 7. The molecular formula is C11H24N2S. The quantitative estimate of drug-likeness (QED) is 0.652. The Balaban J connectivity index is 1.92. The fraction of sp³-hybridized carbons (Fsp3) is 1.00. The molecule has 0 amide bonds. The maximum atomic E-state index is 3.56. The van der Waals surface area contributed by atoms with E-state index in [4.69, 9.17) is 0 Å². The number of hydrogen-bond acceptors (Lipinski definition) is 3. The molecule has 14 heavy (non-hydrogen) atoms. The van der Waals surface area contributed by atoms with Crippen LogP contribution in [0.5, 0.6) is 0 Å². The molecule has 1 saturated heterocycles. The molecule has 1 unspecified atom stereocenters. The zero-order chi connectivity index (χ0) is 10.2. The maximum absolute atomic E-state index is 3.56. The highest BCUT2D eigenvalue weighted by Gasteiger charge is 2.19. The van der Waals surface area contributed by atoms with Crippen molar-refractivity contribution in [2.45, 2.75) is 20.3 Å². The molecular weight excluding hydrogens is 192 g/mol. The lowest BCUT2D eigenvalue weighted by molar-refractivity contribution is 0.339. The van der Waals surface area contributed by atoms with E-state index in [1.54, 1.807) is 0 Å². The van der Waals surface area contributed by atoms with Gasteiger partial charge in [-0.2, -0.15) is 11.8 Å². The van der Waals surface area contributed by atoms with Crippen LogP contribution < -0.4 is 5.32 Å². The fourth-order valence-electron chi connectivity index (χ4n) is 1.96. The first-order valence-corrected chi connectivity index (χ1v) is 7.03. The van der Waals surface area contributed by atoms with Gasteiger partial charge in [-0.15, -0.1) is 0 Å². The molecule has 0 radical (unpaired) electrons. The normalized spacial score (nSPS) is 23.1. The largest absolute Gasteiger partial charge is 0.316 e. The van der Waals surface area contributed by atoms with E-state index in [1.807, 2.05) is 11.8 Å². The van der Waals surface area contributed by atoms with E-state index in [9.17, 15) is 0 Å². The number of likely N-dealkylation sites (tertiary alicyclic amines) is 1. The van der Waals surface area contributed by atoms with Crippen molar-refractivity contribution in [1.82, 2.24) is 10.2 Å². The van der Waals surface area contributed by atoms with Gasteiger partial charge in [0, 0.05) is 18.8 Å². The maximum Gasteiger partial charge on any atom is 0.00580 e. The highest BCUT2D eigenvalue weighted by atomic mass is 32.2. The van der Waals surface area contributed by atoms with Crippen molar-refractivity contribution in [2.75, 3.05) is 44.2 Å². The average molecular weight is 216 g/mol. The number of thioether (sulfide) groups is 1. The van der Waals surface area contributed by atoms with Crippen LogP contribution in [0.25, 0.3) is 0 Å². The first-order valence-electron chi connectivity index (χ1n) is 5.87. The average Bonchev–Trinajstić information content (AvgIpc) is 2.65. The van der Waals surface area contributed by atoms with Gasteiger partial charge in [-0.3, -0.25) is 0 Å². The van der Waals surface area contributed by atoms with E-state index in [1.165, 1.54) is 50.7 Å². The van der Waals surface area contributed by atoms with E-state index in [2.05, 4.69) is 24.1 Å². The van der Waals surface area contributed by atoms with Crippen molar-refractivity contribution in [3.8, 4) is 0 Å². The van der Waals surface area contributed by atoms with Gasteiger partial charge < -0.3 is 10.2 Å². The Hall–Kier alpha value is 0.270. The second-order valence-corrected chi connectivity index (χ2v) is 5.34. The van der Waals surface area contributed by atoms with Gasteiger partial charge in [0.1, 0.15) is 0 Å². The summed E-state index contributed by atoms with van der Waals surface area (Å²) >= 11 is 2.02. The first-order chi connectivity index (χ1) is 6.86.